The van der Waals surface area contributed by atoms with Crippen LogP contribution in [0.15, 0.2) is 211 Å². The summed E-state index contributed by atoms with van der Waals surface area (Å²) in [7, 11) is -1.23. The van der Waals surface area contributed by atoms with Crippen LogP contribution < -0.4 is 25.6 Å². The summed E-state index contributed by atoms with van der Waals surface area (Å²) in [6, 6.07) is 60.5. The fourth-order valence-corrected chi connectivity index (χ4v) is 13.6. The number of methoxy groups -OCH3 is 2. The van der Waals surface area contributed by atoms with Crippen LogP contribution in [-0.4, -0.2) is 78.1 Å². The lowest BCUT2D eigenvalue weighted by Gasteiger charge is -2.38. The van der Waals surface area contributed by atoms with E-state index in [2.05, 4.69) is 15.4 Å². The minimum Gasteiger partial charge on any atom is -0.497 e. The summed E-state index contributed by atoms with van der Waals surface area (Å²) in [6.45, 7) is 7.85. The normalized spacial score (nSPS) is 19.1. The van der Waals surface area contributed by atoms with Crippen molar-refractivity contribution in [2.75, 3.05) is 45.1 Å². The molecule has 2 unspecified atom stereocenters. The standard InChI is InChI=1S/C68H70F3N4O11PS/c1-63(2,46-81-67(51-22-14-9-15-23-51,52-24-16-10-17-25-52)53-26-18-11-19-27-53)61(76)88-43-42-82-87(78,72-44-47-28-30-54(31-29-47)68(69,70)71)83-45-57-59-65(5,86-64(3,4)85-59)60(84-57)75-41-40-58(73-62(75)77)74-66(48-20-12-8-13-21-48,49-32-36-55(79-6)37-33-49)50-34-38-56(80-7)39-35-50/h8-41,57,59-60H,42-46H2,1-7H3,(H,72,78)(H,73,74,77)/t57-,59+,60-,65?,87?/m1/s1. The quantitative estimate of drug-likeness (QED) is 0.0315. The van der Waals surface area contributed by atoms with Crippen molar-refractivity contribution in [2.24, 2.45) is 5.41 Å². The number of carbonyl (C=O) groups excluding carboxylic acids is 1. The van der Waals surface area contributed by atoms with Gasteiger partial charge in [-0.2, -0.15) is 18.2 Å². The molecule has 1 aromatic heterocycles. The molecule has 0 amide bonds. The Morgan fingerprint density at radius 3 is 1.65 bits per heavy atom. The van der Waals surface area contributed by atoms with Crippen molar-refractivity contribution < 1.29 is 60.0 Å². The molecule has 2 fully saturated rings. The maximum absolute atomic E-state index is 15.0. The molecular weight excluding hydrogens is 1170 g/mol. The van der Waals surface area contributed by atoms with Crippen LogP contribution in [0.2, 0.25) is 0 Å². The van der Waals surface area contributed by atoms with Crippen LogP contribution in [-0.2, 0) is 61.2 Å². The van der Waals surface area contributed by atoms with Gasteiger partial charge in [0.15, 0.2) is 17.1 Å². The highest BCUT2D eigenvalue weighted by Gasteiger charge is 2.64. The van der Waals surface area contributed by atoms with Gasteiger partial charge in [0.1, 0.15) is 46.3 Å². The van der Waals surface area contributed by atoms with Crippen molar-refractivity contribution in [1.29, 1.82) is 0 Å². The Morgan fingerprint density at radius 2 is 1.16 bits per heavy atom. The first kappa shape index (κ1) is 63.6. The van der Waals surface area contributed by atoms with Crippen LogP contribution in [0.1, 0.15) is 85.4 Å². The van der Waals surface area contributed by atoms with Crippen molar-refractivity contribution in [3.63, 3.8) is 0 Å². The third kappa shape index (κ3) is 13.6. The molecule has 5 atom stereocenters. The van der Waals surface area contributed by atoms with E-state index in [1.807, 2.05) is 170 Å². The molecule has 0 aliphatic carbocycles. The summed E-state index contributed by atoms with van der Waals surface area (Å²) in [5.41, 5.74) is -0.701. The van der Waals surface area contributed by atoms with E-state index in [1.165, 1.54) is 16.7 Å². The third-order valence-electron chi connectivity index (χ3n) is 15.7. The minimum absolute atomic E-state index is 0.00702. The fourth-order valence-electron chi connectivity index (χ4n) is 11.4. The number of rotatable bonds is 25. The monoisotopic (exact) mass is 1240 g/mol. The van der Waals surface area contributed by atoms with Crippen molar-refractivity contribution in [2.45, 2.75) is 88.3 Å². The van der Waals surface area contributed by atoms with Gasteiger partial charge in [-0.15, -0.1) is 0 Å². The van der Waals surface area contributed by atoms with Crippen LogP contribution >= 0.6 is 19.5 Å². The van der Waals surface area contributed by atoms with Gasteiger partial charge in [-0.25, -0.2) is 14.4 Å². The number of alkyl halides is 3. The van der Waals surface area contributed by atoms with Gasteiger partial charge in [0.2, 0.25) is 0 Å². The SMILES string of the molecule is COc1ccc(C(Nc2ccn([C@@H]3O[C@H](COP(=O)(NCc4ccc(C(F)(F)F)cc4)OCCSC(=O)C(C)(C)COC(c4ccccc4)(c4ccccc4)c4ccccc4)[C@@H]4OC(C)(C)OC43C)c(=O)n2)(c2ccccc2)c2ccc(OC)cc2)cc1. The molecule has 2 aliphatic heterocycles. The summed E-state index contributed by atoms with van der Waals surface area (Å²) < 4.78 is 107. The van der Waals surface area contributed by atoms with Gasteiger partial charge in [0, 0.05) is 18.5 Å². The number of halogens is 3. The molecule has 3 heterocycles. The van der Waals surface area contributed by atoms with Crippen LogP contribution in [0.25, 0.3) is 0 Å². The maximum Gasteiger partial charge on any atom is 0.416 e. The lowest BCUT2D eigenvalue weighted by molar-refractivity contribution is -0.217. The van der Waals surface area contributed by atoms with E-state index in [4.69, 9.17) is 37.5 Å². The van der Waals surface area contributed by atoms with Crippen molar-refractivity contribution >= 4 is 30.4 Å². The van der Waals surface area contributed by atoms with Crippen molar-refractivity contribution in [3.8, 4) is 11.5 Å². The Morgan fingerprint density at radius 1 is 0.670 bits per heavy atom. The number of thioether (sulfide) groups is 1. The molecule has 10 rings (SSSR count). The van der Waals surface area contributed by atoms with Gasteiger partial charge in [0.25, 0.3) is 0 Å². The van der Waals surface area contributed by atoms with Crippen molar-refractivity contribution in [1.82, 2.24) is 14.6 Å². The second kappa shape index (κ2) is 26.3. The predicted molar refractivity (Wildman–Crippen MR) is 331 cm³/mol. The Balaban J connectivity index is 0.879. The number of nitrogens with zero attached hydrogens (tertiary/aromatic N) is 2. The summed E-state index contributed by atoms with van der Waals surface area (Å²) in [6.07, 6.45) is -6.15. The molecule has 460 valence electrons. The second-order valence-electron chi connectivity index (χ2n) is 22.7. The number of hydrogen-bond donors (Lipinski definition) is 2. The number of ether oxygens (including phenoxy) is 6. The van der Waals surface area contributed by atoms with E-state index in [9.17, 15) is 27.3 Å². The Hall–Kier alpha value is -7.42. The molecule has 8 aromatic rings. The number of hydrogen-bond acceptors (Lipinski definition) is 14. The van der Waals surface area contributed by atoms with Crippen LogP contribution in [0.4, 0.5) is 19.0 Å². The third-order valence-corrected chi connectivity index (χ3v) is 18.5. The van der Waals surface area contributed by atoms with Crippen LogP contribution in [0.5, 0.6) is 11.5 Å². The van der Waals surface area contributed by atoms with Gasteiger partial charge >= 0.3 is 19.6 Å². The zero-order valence-electron chi connectivity index (χ0n) is 49.8. The molecule has 7 aromatic carbocycles. The Kier molecular flexibility index (Phi) is 19.0. The smallest absolute Gasteiger partial charge is 0.416 e. The van der Waals surface area contributed by atoms with Crippen LogP contribution in [0, 0.1) is 5.41 Å². The molecule has 88 heavy (non-hydrogen) atoms. The first-order chi connectivity index (χ1) is 42.1. The van der Waals surface area contributed by atoms with Gasteiger partial charge < -0.3 is 33.7 Å². The largest absolute Gasteiger partial charge is 0.497 e. The molecule has 15 nitrogen and oxygen atoms in total. The minimum atomic E-state index is -4.57. The van der Waals surface area contributed by atoms with Gasteiger partial charge in [-0.05, 0) is 116 Å². The summed E-state index contributed by atoms with van der Waals surface area (Å²) in [5, 5.41) is 6.22. The van der Waals surface area contributed by atoms with E-state index in [0.717, 1.165) is 57.3 Å². The first-order valence-corrected chi connectivity index (χ1v) is 31.2. The molecule has 2 saturated heterocycles. The van der Waals surface area contributed by atoms with Gasteiger partial charge in [0.05, 0.1) is 45.0 Å². The number of anilines is 1. The van der Waals surface area contributed by atoms with E-state index in [-0.39, 0.29) is 36.4 Å². The lowest BCUT2D eigenvalue weighted by atomic mass is 9.77. The van der Waals surface area contributed by atoms with Gasteiger partial charge in [-0.3, -0.25) is 18.4 Å². The number of carbonyl (C=O) groups is 1. The number of fused-ring (bicyclic) bond motifs is 1. The van der Waals surface area contributed by atoms with Crippen LogP contribution in [0.3, 0.4) is 0 Å². The topological polar surface area (TPSA) is 167 Å². The molecule has 0 bridgehead atoms. The molecule has 0 saturated carbocycles. The number of nitrogens with one attached hydrogen (secondary N) is 2. The van der Waals surface area contributed by atoms with E-state index >= 15 is 0 Å². The Bertz CT molecular complexity index is 3600. The number of benzene rings is 7. The zero-order valence-corrected chi connectivity index (χ0v) is 51.5. The highest BCUT2D eigenvalue weighted by molar-refractivity contribution is 8.13. The fraction of sp³-hybridized carbons (Fsp3) is 0.309. The average Bonchev–Trinajstić information content (AvgIpc) is 1.45. The molecule has 0 radical (unpaired) electrons. The van der Waals surface area contributed by atoms with E-state index in [1.54, 1.807) is 61.1 Å². The predicted octanol–water partition coefficient (Wildman–Crippen LogP) is 13.7. The summed E-state index contributed by atoms with van der Waals surface area (Å²) in [4.78, 5) is 33.5. The molecule has 20 heteroatoms. The lowest BCUT2D eigenvalue weighted by Crippen LogP contribution is -2.45. The summed E-state index contributed by atoms with van der Waals surface area (Å²) in [5.74, 6) is 0.364. The first-order valence-electron chi connectivity index (χ1n) is 28.6. The van der Waals surface area contributed by atoms with Crippen molar-refractivity contribution in [3.05, 3.63) is 261 Å². The highest BCUT2D eigenvalue weighted by atomic mass is 32.2. The van der Waals surface area contributed by atoms with E-state index < -0.39 is 78.2 Å². The number of aromatic nitrogens is 2. The molecular formula is C68H70F3N4O11PS. The maximum atomic E-state index is 15.0. The molecule has 0 spiro atoms. The average molecular weight is 1240 g/mol. The zero-order chi connectivity index (χ0) is 62.4. The Labute approximate surface area is 514 Å². The second-order valence-corrected chi connectivity index (χ2v) is 25.6. The highest BCUT2D eigenvalue weighted by Crippen LogP contribution is 2.53. The molecule has 2 aliphatic rings. The van der Waals surface area contributed by atoms with E-state index in [0.29, 0.717) is 17.1 Å². The molecule has 2 N–H and O–H groups in total. The van der Waals surface area contributed by atoms with Gasteiger partial charge in [-0.1, -0.05) is 169 Å². The summed E-state index contributed by atoms with van der Waals surface area (Å²) >= 11 is 0.970.